The molecule has 1 rings (SSSR count). The topological polar surface area (TPSA) is 55.4 Å². The van der Waals surface area contributed by atoms with Crippen LogP contribution in [-0.2, 0) is 4.79 Å². The molecule has 21 heavy (non-hydrogen) atoms. The number of nitrogens with one attached hydrogen (secondary N) is 1. The van der Waals surface area contributed by atoms with E-state index in [1.54, 1.807) is 24.3 Å². The lowest BCUT2D eigenvalue weighted by Crippen LogP contribution is -2.36. The van der Waals surface area contributed by atoms with Crippen molar-refractivity contribution in [3.63, 3.8) is 0 Å². The molecule has 1 amide bonds. The molecule has 1 unspecified atom stereocenters. The van der Waals surface area contributed by atoms with Crippen molar-refractivity contribution in [2.24, 2.45) is 0 Å². The molecule has 116 valence electrons. The van der Waals surface area contributed by atoms with Crippen molar-refractivity contribution in [1.82, 2.24) is 5.32 Å². The SMILES string of the molecule is CCCCCC(C)NC(=O)COc1ccc(C(C)=O)cc1. The number of hydrogen-bond acceptors (Lipinski definition) is 3. The van der Waals surface area contributed by atoms with Gasteiger partial charge in [-0.3, -0.25) is 9.59 Å². The first-order valence-electron chi connectivity index (χ1n) is 7.56. The van der Waals surface area contributed by atoms with Gasteiger partial charge in [0.1, 0.15) is 5.75 Å². The zero-order chi connectivity index (χ0) is 15.7. The molecule has 1 aromatic rings. The molecule has 0 heterocycles. The number of amides is 1. The molecule has 0 saturated carbocycles. The third-order valence-corrected chi connectivity index (χ3v) is 3.28. The van der Waals surface area contributed by atoms with Crippen LogP contribution in [0, 0.1) is 0 Å². The van der Waals surface area contributed by atoms with Gasteiger partial charge < -0.3 is 10.1 Å². The van der Waals surface area contributed by atoms with Gasteiger partial charge in [0.25, 0.3) is 5.91 Å². The summed E-state index contributed by atoms with van der Waals surface area (Å²) < 4.78 is 5.41. The molecule has 0 saturated heterocycles. The highest BCUT2D eigenvalue weighted by atomic mass is 16.5. The Hall–Kier alpha value is -1.84. The molecule has 0 bridgehead atoms. The molecule has 0 aliphatic carbocycles. The number of ether oxygens (including phenoxy) is 1. The monoisotopic (exact) mass is 291 g/mol. The van der Waals surface area contributed by atoms with Crippen LogP contribution in [0.3, 0.4) is 0 Å². The van der Waals surface area contributed by atoms with Gasteiger partial charge in [0.15, 0.2) is 12.4 Å². The quantitative estimate of drug-likeness (QED) is 0.560. The summed E-state index contributed by atoms with van der Waals surface area (Å²) >= 11 is 0. The maximum atomic E-state index is 11.7. The van der Waals surface area contributed by atoms with Crippen LogP contribution in [0.15, 0.2) is 24.3 Å². The summed E-state index contributed by atoms with van der Waals surface area (Å²) in [5, 5.41) is 2.92. The van der Waals surface area contributed by atoms with Gasteiger partial charge >= 0.3 is 0 Å². The summed E-state index contributed by atoms with van der Waals surface area (Å²) in [6, 6.07) is 6.97. The van der Waals surface area contributed by atoms with Crippen molar-refractivity contribution in [2.75, 3.05) is 6.61 Å². The second kappa shape index (κ2) is 9.16. The first-order chi connectivity index (χ1) is 10.0. The standard InChI is InChI=1S/C17H25NO3/c1-4-5-6-7-13(2)18-17(20)12-21-16-10-8-15(9-11-16)14(3)19/h8-11,13H,4-7,12H2,1-3H3,(H,18,20). The number of rotatable bonds is 9. The van der Waals surface area contributed by atoms with E-state index < -0.39 is 0 Å². The molecule has 4 nitrogen and oxygen atoms in total. The molecule has 0 aromatic heterocycles. The number of hydrogen-bond donors (Lipinski definition) is 1. The molecule has 4 heteroatoms. The van der Waals surface area contributed by atoms with E-state index in [2.05, 4.69) is 12.2 Å². The van der Waals surface area contributed by atoms with Crippen LogP contribution in [0.4, 0.5) is 0 Å². The molecule has 0 radical (unpaired) electrons. The van der Waals surface area contributed by atoms with Crippen LogP contribution in [0.2, 0.25) is 0 Å². The van der Waals surface area contributed by atoms with Crippen molar-refractivity contribution in [2.45, 2.75) is 52.5 Å². The Morgan fingerprint density at radius 3 is 2.43 bits per heavy atom. The van der Waals surface area contributed by atoms with E-state index in [0.717, 1.165) is 12.8 Å². The smallest absolute Gasteiger partial charge is 0.258 e. The number of carbonyl (C=O) groups is 2. The Morgan fingerprint density at radius 2 is 1.86 bits per heavy atom. The van der Waals surface area contributed by atoms with E-state index in [0.29, 0.717) is 11.3 Å². The number of unbranched alkanes of at least 4 members (excludes halogenated alkanes) is 2. The maximum absolute atomic E-state index is 11.7. The fraction of sp³-hybridized carbons (Fsp3) is 0.529. The molecule has 0 fully saturated rings. The second-order valence-electron chi connectivity index (χ2n) is 5.33. The van der Waals surface area contributed by atoms with Crippen LogP contribution in [0.1, 0.15) is 56.8 Å². The maximum Gasteiger partial charge on any atom is 0.258 e. The van der Waals surface area contributed by atoms with E-state index in [9.17, 15) is 9.59 Å². The van der Waals surface area contributed by atoms with Gasteiger partial charge in [0.2, 0.25) is 0 Å². The summed E-state index contributed by atoms with van der Waals surface area (Å²) in [7, 11) is 0. The zero-order valence-electron chi connectivity index (χ0n) is 13.1. The van der Waals surface area contributed by atoms with Gasteiger partial charge in [-0.15, -0.1) is 0 Å². The largest absolute Gasteiger partial charge is 0.484 e. The minimum atomic E-state index is -0.116. The van der Waals surface area contributed by atoms with Gasteiger partial charge in [-0.25, -0.2) is 0 Å². The van der Waals surface area contributed by atoms with E-state index in [1.165, 1.54) is 19.8 Å². The van der Waals surface area contributed by atoms with Crippen molar-refractivity contribution < 1.29 is 14.3 Å². The molecule has 0 aliphatic heterocycles. The lowest BCUT2D eigenvalue weighted by Gasteiger charge is -2.14. The highest BCUT2D eigenvalue weighted by Crippen LogP contribution is 2.12. The molecule has 0 aliphatic rings. The van der Waals surface area contributed by atoms with E-state index >= 15 is 0 Å². The Morgan fingerprint density at radius 1 is 1.19 bits per heavy atom. The summed E-state index contributed by atoms with van der Waals surface area (Å²) in [6.07, 6.45) is 4.50. The number of ketones is 1. The van der Waals surface area contributed by atoms with Crippen LogP contribution in [0.5, 0.6) is 5.75 Å². The fourth-order valence-corrected chi connectivity index (χ4v) is 2.02. The second-order valence-corrected chi connectivity index (χ2v) is 5.33. The molecule has 0 spiro atoms. The van der Waals surface area contributed by atoms with Crippen LogP contribution in [-0.4, -0.2) is 24.3 Å². The Balaban J connectivity index is 2.30. The zero-order valence-corrected chi connectivity index (χ0v) is 13.1. The minimum Gasteiger partial charge on any atom is -0.484 e. The van der Waals surface area contributed by atoms with Gasteiger partial charge in [-0.05, 0) is 44.5 Å². The molecular formula is C17H25NO3. The lowest BCUT2D eigenvalue weighted by atomic mass is 10.1. The van der Waals surface area contributed by atoms with Gasteiger partial charge in [0, 0.05) is 11.6 Å². The van der Waals surface area contributed by atoms with Crippen molar-refractivity contribution in [1.29, 1.82) is 0 Å². The average Bonchev–Trinajstić information content (AvgIpc) is 2.46. The number of benzene rings is 1. The Kier molecular flexibility index (Phi) is 7.51. The Labute approximate surface area is 126 Å². The fourth-order valence-electron chi connectivity index (χ4n) is 2.02. The molecular weight excluding hydrogens is 266 g/mol. The summed E-state index contributed by atoms with van der Waals surface area (Å²) in [6.45, 7) is 5.68. The number of carbonyl (C=O) groups excluding carboxylic acids is 2. The molecule has 1 N–H and O–H groups in total. The summed E-state index contributed by atoms with van der Waals surface area (Å²) in [5.74, 6) is 0.489. The third-order valence-electron chi connectivity index (χ3n) is 3.28. The normalized spacial score (nSPS) is 11.8. The van der Waals surface area contributed by atoms with E-state index in [-0.39, 0.29) is 24.3 Å². The number of Topliss-reactive ketones (excluding diaryl/α,β-unsaturated/α-hetero) is 1. The Bertz CT molecular complexity index is 454. The van der Waals surface area contributed by atoms with Gasteiger partial charge in [-0.2, -0.15) is 0 Å². The van der Waals surface area contributed by atoms with Gasteiger partial charge in [0.05, 0.1) is 0 Å². The van der Waals surface area contributed by atoms with Crippen molar-refractivity contribution >= 4 is 11.7 Å². The van der Waals surface area contributed by atoms with E-state index in [1.807, 2.05) is 6.92 Å². The van der Waals surface area contributed by atoms with Crippen LogP contribution in [0.25, 0.3) is 0 Å². The highest BCUT2D eigenvalue weighted by Gasteiger charge is 2.08. The summed E-state index contributed by atoms with van der Waals surface area (Å²) in [4.78, 5) is 22.9. The van der Waals surface area contributed by atoms with Gasteiger partial charge in [-0.1, -0.05) is 26.2 Å². The average molecular weight is 291 g/mol. The lowest BCUT2D eigenvalue weighted by molar-refractivity contribution is -0.123. The van der Waals surface area contributed by atoms with E-state index in [4.69, 9.17) is 4.74 Å². The highest BCUT2D eigenvalue weighted by molar-refractivity contribution is 5.94. The predicted octanol–water partition coefficient (Wildman–Crippen LogP) is 3.35. The third kappa shape index (κ3) is 6.93. The minimum absolute atomic E-state index is 0.00244. The first-order valence-corrected chi connectivity index (χ1v) is 7.56. The summed E-state index contributed by atoms with van der Waals surface area (Å²) in [5.41, 5.74) is 0.636. The molecule has 1 aromatic carbocycles. The van der Waals surface area contributed by atoms with Crippen LogP contribution < -0.4 is 10.1 Å². The first kappa shape index (κ1) is 17.2. The van der Waals surface area contributed by atoms with Crippen molar-refractivity contribution in [3.05, 3.63) is 29.8 Å². The molecule has 1 atom stereocenters. The van der Waals surface area contributed by atoms with Crippen LogP contribution >= 0.6 is 0 Å². The van der Waals surface area contributed by atoms with Crippen molar-refractivity contribution in [3.8, 4) is 5.75 Å². The predicted molar refractivity (Wildman–Crippen MR) is 83.7 cm³/mol.